The molecule has 162 valence electrons. The molecule has 11 heteroatoms. The van der Waals surface area contributed by atoms with Crippen molar-refractivity contribution in [1.82, 2.24) is 19.7 Å². The van der Waals surface area contributed by atoms with Gasteiger partial charge in [-0.1, -0.05) is 29.8 Å². The number of nitro groups is 1. The molecule has 2 heterocycles. The van der Waals surface area contributed by atoms with Crippen LogP contribution in [0.25, 0.3) is 10.6 Å². The van der Waals surface area contributed by atoms with Crippen LogP contribution in [0, 0.1) is 17.0 Å². The maximum absolute atomic E-state index is 12.5. The number of hydrogen-bond donors (Lipinski definition) is 0. The predicted octanol–water partition coefficient (Wildman–Crippen LogP) is 4.66. The second-order valence-corrected chi connectivity index (χ2v) is 8.72. The highest BCUT2D eigenvalue weighted by Crippen LogP contribution is 2.34. The summed E-state index contributed by atoms with van der Waals surface area (Å²) in [6.07, 6.45) is 1.50. The molecule has 0 aliphatic rings. The molecule has 0 bridgehead atoms. The zero-order chi connectivity index (χ0) is 22.7. The fourth-order valence-electron chi connectivity index (χ4n) is 2.76. The molecular weight excluding hydrogens is 450 g/mol. The van der Waals surface area contributed by atoms with Gasteiger partial charge in [-0.2, -0.15) is 0 Å². The lowest BCUT2D eigenvalue weighted by atomic mass is 10.2. The van der Waals surface area contributed by atoms with Crippen LogP contribution in [0.15, 0.2) is 64.2 Å². The van der Waals surface area contributed by atoms with Gasteiger partial charge in [-0.3, -0.25) is 10.1 Å². The van der Waals surface area contributed by atoms with Crippen LogP contribution in [-0.2, 0) is 18.4 Å². The lowest BCUT2D eigenvalue weighted by molar-refractivity contribution is -0.387. The molecule has 0 aliphatic heterocycles. The number of rotatable bonds is 7. The normalized spacial score (nSPS) is 10.8. The van der Waals surface area contributed by atoms with Gasteiger partial charge in [0.05, 0.1) is 21.1 Å². The smallest absolute Gasteiger partial charge is 0.338 e. The molecule has 0 unspecified atom stereocenters. The van der Waals surface area contributed by atoms with Crippen molar-refractivity contribution in [2.45, 2.75) is 23.6 Å². The van der Waals surface area contributed by atoms with E-state index in [1.165, 1.54) is 35.9 Å². The van der Waals surface area contributed by atoms with E-state index in [9.17, 15) is 14.9 Å². The Morgan fingerprint density at radius 3 is 2.72 bits per heavy atom. The summed E-state index contributed by atoms with van der Waals surface area (Å²) in [6.45, 7) is 1.99. The zero-order valence-electron chi connectivity index (χ0n) is 17.1. The Bertz CT molecular complexity index is 1280. The average molecular weight is 468 g/mol. The molecule has 0 aliphatic carbocycles. The lowest BCUT2D eigenvalue weighted by Crippen LogP contribution is -2.06. The summed E-state index contributed by atoms with van der Waals surface area (Å²) in [5.41, 5.74) is 2.65. The second kappa shape index (κ2) is 9.28. The molecule has 0 fully saturated rings. The van der Waals surface area contributed by atoms with Gasteiger partial charge in [-0.05, 0) is 30.8 Å². The SMILES string of the molecule is Cc1ccc(-c2nc(COC(=O)c3ccc(Sc4nncn4C)c([N+](=O)[O-])c3)cs2)cc1. The summed E-state index contributed by atoms with van der Waals surface area (Å²) in [5.74, 6) is -0.659. The Morgan fingerprint density at radius 2 is 2.03 bits per heavy atom. The Hall–Kier alpha value is -3.57. The van der Waals surface area contributed by atoms with Crippen LogP contribution in [0.2, 0.25) is 0 Å². The van der Waals surface area contributed by atoms with Crippen molar-refractivity contribution in [2.75, 3.05) is 0 Å². The van der Waals surface area contributed by atoms with Gasteiger partial charge < -0.3 is 9.30 Å². The summed E-state index contributed by atoms with van der Waals surface area (Å²) >= 11 is 2.55. The van der Waals surface area contributed by atoms with Crippen molar-refractivity contribution in [1.29, 1.82) is 0 Å². The highest BCUT2D eigenvalue weighted by atomic mass is 32.2. The van der Waals surface area contributed by atoms with Crippen molar-refractivity contribution in [2.24, 2.45) is 7.05 Å². The topological polar surface area (TPSA) is 113 Å². The number of aryl methyl sites for hydroxylation is 2. The van der Waals surface area contributed by atoms with E-state index in [4.69, 9.17) is 4.74 Å². The number of carbonyl (C=O) groups is 1. The maximum atomic E-state index is 12.5. The van der Waals surface area contributed by atoms with E-state index in [1.54, 1.807) is 11.6 Å². The summed E-state index contributed by atoms with van der Waals surface area (Å²) in [6, 6.07) is 12.2. The van der Waals surface area contributed by atoms with E-state index in [0.717, 1.165) is 27.9 Å². The van der Waals surface area contributed by atoms with Gasteiger partial charge in [0.2, 0.25) is 0 Å². The zero-order valence-corrected chi connectivity index (χ0v) is 18.7. The standard InChI is InChI=1S/C21H17N5O4S2/c1-13-3-5-14(6-4-13)19-23-16(11-31-19)10-30-20(27)15-7-8-18(17(9-15)26(28)29)32-21-24-22-12-25(21)2/h3-9,11-12H,10H2,1-2H3. The number of nitro benzene ring substituents is 1. The Kier molecular flexibility index (Phi) is 6.28. The lowest BCUT2D eigenvalue weighted by Gasteiger charge is -2.06. The summed E-state index contributed by atoms with van der Waals surface area (Å²) < 4.78 is 6.98. The third-order valence-electron chi connectivity index (χ3n) is 4.46. The molecule has 2 aromatic carbocycles. The Labute approximate surface area is 191 Å². The molecule has 0 saturated carbocycles. The third kappa shape index (κ3) is 4.84. The molecule has 2 aromatic heterocycles. The molecule has 32 heavy (non-hydrogen) atoms. The van der Waals surface area contributed by atoms with E-state index >= 15 is 0 Å². The number of ether oxygens (including phenoxy) is 1. The first-order valence-electron chi connectivity index (χ1n) is 9.39. The highest BCUT2D eigenvalue weighted by molar-refractivity contribution is 7.99. The minimum Gasteiger partial charge on any atom is -0.456 e. The fraction of sp³-hybridized carbons (Fsp3) is 0.143. The van der Waals surface area contributed by atoms with Crippen molar-refractivity contribution in [3.05, 3.63) is 81.1 Å². The van der Waals surface area contributed by atoms with Gasteiger partial charge in [-0.25, -0.2) is 9.78 Å². The van der Waals surface area contributed by atoms with Crippen molar-refractivity contribution in [3.8, 4) is 10.6 Å². The summed E-state index contributed by atoms with van der Waals surface area (Å²) in [4.78, 5) is 28.3. The van der Waals surface area contributed by atoms with Gasteiger partial charge in [0.1, 0.15) is 17.9 Å². The molecule has 9 nitrogen and oxygen atoms in total. The van der Waals surface area contributed by atoms with Crippen LogP contribution in [-0.4, -0.2) is 30.6 Å². The Morgan fingerprint density at radius 1 is 1.25 bits per heavy atom. The molecule has 0 amide bonds. The predicted molar refractivity (Wildman–Crippen MR) is 120 cm³/mol. The number of thiazole rings is 1. The van der Waals surface area contributed by atoms with E-state index in [1.807, 2.05) is 36.6 Å². The number of aromatic nitrogens is 4. The Balaban J connectivity index is 1.45. The van der Waals surface area contributed by atoms with Crippen LogP contribution in [0.3, 0.4) is 0 Å². The third-order valence-corrected chi connectivity index (χ3v) is 6.52. The average Bonchev–Trinajstić information content (AvgIpc) is 3.42. The van der Waals surface area contributed by atoms with Crippen LogP contribution < -0.4 is 0 Å². The van der Waals surface area contributed by atoms with Crippen LogP contribution in [0.1, 0.15) is 21.6 Å². The fourth-order valence-corrected chi connectivity index (χ4v) is 4.42. The second-order valence-electron chi connectivity index (χ2n) is 6.85. The van der Waals surface area contributed by atoms with E-state index < -0.39 is 10.9 Å². The van der Waals surface area contributed by atoms with Crippen molar-refractivity contribution >= 4 is 34.8 Å². The number of esters is 1. The largest absolute Gasteiger partial charge is 0.456 e. The molecule has 0 saturated heterocycles. The first-order chi connectivity index (χ1) is 15.4. The number of carbonyl (C=O) groups excluding carboxylic acids is 1. The number of benzene rings is 2. The highest BCUT2D eigenvalue weighted by Gasteiger charge is 2.21. The van der Waals surface area contributed by atoms with E-state index in [0.29, 0.717) is 15.7 Å². The quantitative estimate of drug-likeness (QED) is 0.219. The maximum Gasteiger partial charge on any atom is 0.338 e. The van der Waals surface area contributed by atoms with Crippen LogP contribution in [0.4, 0.5) is 5.69 Å². The molecular formula is C21H17N5O4S2. The van der Waals surface area contributed by atoms with Crippen LogP contribution in [0.5, 0.6) is 0 Å². The van der Waals surface area contributed by atoms with E-state index in [2.05, 4.69) is 15.2 Å². The molecule has 4 rings (SSSR count). The van der Waals surface area contributed by atoms with Gasteiger partial charge in [0.15, 0.2) is 5.16 Å². The summed E-state index contributed by atoms with van der Waals surface area (Å²) in [7, 11) is 1.74. The number of nitrogens with zero attached hydrogens (tertiary/aromatic N) is 5. The minimum absolute atomic E-state index is 0.0234. The molecule has 0 radical (unpaired) electrons. The first-order valence-corrected chi connectivity index (χ1v) is 11.1. The van der Waals surface area contributed by atoms with Gasteiger partial charge in [-0.15, -0.1) is 21.5 Å². The van der Waals surface area contributed by atoms with Gasteiger partial charge in [0, 0.05) is 24.1 Å². The molecule has 0 atom stereocenters. The van der Waals surface area contributed by atoms with E-state index in [-0.39, 0.29) is 17.9 Å². The van der Waals surface area contributed by atoms with Crippen molar-refractivity contribution < 1.29 is 14.5 Å². The molecule has 0 spiro atoms. The molecule has 0 N–H and O–H groups in total. The number of hydrogen-bond acceptors (Lipinski definition) is 9. The molecule has 4 aromatic rings. The van der Waals surface area contributed by atoms with Gasteiger partial charge in [0.25, 0.3) is 5.69 Å². The summed E-state index contributed by atoms with van der Waals surface area (Å²) in [5, 5.41) is 22.4. The van der Waals surface area contributed by atoms with Gasteiger partial charge >= 0.3 is 5.97 Å². The van der Waals surface area contributed by atoms with Crippen LogP contribution >= 0.6 is 23.1 Å². The monoisotopic (exact) mass is 467 g/mol. The van der Waals surface area contributed by atoms with Crippen molar-refractivity contribution in [3.63, 3.8) is 0 Å². The first kappa shape index (κ1) is 21.7. The minimum atomic E-state index is -0.659.